The van der Waals surface area contributed by atoms with Crippen LogP contribution < -0.4 is 19.5 Å². The third kappa shape index (κ3) is 5.94. The summed E-state index contributed by atoms with van der Waals surface area (Å²) < 4.78 is 17.6. The number of halogens is 2. The molecule has 1 fully saturated rings. The van der Waals surface area contributed by atoms with Gasteiger partial charge in [0.25, 0.3) is 5.91 Å². The topological polar surface area (TPSA) is 69.2 Å². The van der Waals surface area contributed by atoms with Gasteiger partial charge in [-0.05, 0) is 77.5 Å². The Hall–Kier alpha value is -2.94. The van der Waals surface area contributed by atoms with Crippen molar-refractivity contribution in [2.24, 2.45) is 4.99 Å². The second kappa shape index (κ2) is 11.0. The number of ether oxygens (including phenoxy) is 3. The average molecular weight is 560 g/mol. The zero-order valence-electron chi connectivity index (χ0n) is 18.3. The number of nitrogens with one attached hydrogen (secondary N) is 1. The number of hydrogen-bond donors (Lipinski definition) is 1. The summed E-state index contributed by atoms with van der Waals surface area (Å²) in [5.41, 5.74) is 2.42. The normalized spacial score (nSPS) is 15.5. The standard InChI is InChI=1S/C25H20BrClN2O4S/c1-31-19-9-7-18(8-10-19)28-25-29-24(30)22(34-25)13-16-11-20(27)23(21(12-16)32-2)33-14-15-3-5-17(26)6-4-15/h3-13H,14H2,1-2H3,(H,28,29,30)/b22-13+. The van der Waals surface area contributed by atoms with Crippen molar-refractivity contribution in [2.75, 3.05) is 14.2 Å². The molecule has 1 heterocycles. The van der Waals surface area contributed by atoms with Gasteiger partial charge in [0, 0.05) is 4.47 Å². The van der Waals surface area contributed by atoms with Gasteiger partial charge in [0.05, 0.1) is 29.8 Å². The molecule has 34 heavy (non-hydrogen) atoms. The monoisotopic (exact) mass is 558 g/mol. The van der Waals surface area contributed by atoms with Gasteiger partial charge in [-0.15, -0.1) is 0 Å². The van der Waals surface area contributed by atoms with E-state index in [-0.39, 0.29) is 5.91 Å². The fraction of sp³-hybridized carbons (Fsp3) is 0.120. The van der Waals surface area contributed by atoms with Gasteiger partial charge in [-0.2, -0.15) is 0 Å². The SMILES string of the molecule is COc1ccc(N=C2NC(=O)/C(=C\c3cc(Cl)c(OCc4ccc(Br)cc4)c(OC)c3)S2)cc1. The summed E-state index contributed by atoms with van der Waals surface area (Å²) in [6.07, 6.45) is 1.74. The first-order valence-electron chi connectivity index (χ1n) is 10.1. The van der Waals surface area contributed by atoms with Crippen LogP contribution in [0.1, 0.15) is 11.1 Å². The Morgan fingerprint density at radius 2 is 1.79 bits per heavy atom. The highest BCUT2D eigenvalue weighted by Gasteiger charge is 2.24. The predicted octanol–water partition coefficient (Wildman–Crippen LogP) is 6.59. The maximum Gasteiger partial charge on any atom is 0.264 e. The van der Waals surface area contributed by atoms with Crippen LogP contribution in [0.5, 0.6) is 17.2 Å². The van der Waals surface area contributed by atoms with E-state index in [2.05, 4.69) is 26.2 Å². The highest BCUT2D eigenvalue weighted by Crippen LogP contribution is 2.38. The first-order chi connectivity index (χ1) is 16.4. The van der Waals surface area contributed by atoms with Crippen molar-refractivity contribution in [1.82, 2.24) is 5.32 Å². The van der Waals surface area contributed by atoms with Gasteiger partial charge in [0.15, 0.2) is 16.7 Å². The van der Waals surface area contributed by atoms with E-state index < -0.39 is 0 Å². The molecular weight excluding hydrogens is 540 g/mol. The van der Waals surface area contributed by atoms with E-state index in [4.69, 9.17) is 25.8 Å². The number of amidine groups is 1. The van der Waals surface area contributed by atoms with E-state index in [1.54, 1.807) is 32.4 Å². The maximum atomic E-state index is 12.5. The number of nitrogens with zero attached hydrogens (tertiary/aromatic N) is 1. The van der Waals surface area contributed by atoms with Crippen molar-refractivity contribution in [2.45, 2.75) is 6.61 Å². The quantitative estimate of drug-likeness (QED) is 0.331. The second-order valence-electron chi connectivity index (χ2n) is 7.13. The first-order valence-corrected chi connectivity index (χ1v) is 12.1. The van der Waals surface area contributed by atoms with Gasteiger partial charge in [-0.1, -0.05) is 39.7 Å². The van der Waals surface area contributed by atoms with E-state index in [1.165, 1.54) is 11.8 Å². The second-order valence-corrected chi connectivity index (χ2v) is 9.48. The molecular formula is C25H20BrClN2O4S. The molecule has 0 spiro atoms. The van der Waals surface area contributed by atoms with Gasteiger partial charge in [-0.3, -0.25) is 4.79 Å². The van der Waals surface area contributed by atoms with Crippen LogP contribution in [0.3, 0.4) is 0 Å². The Morgan fingerprint density at radius 3 is 2.47 bits per heavy atom. The number of carbonyl (C=O) groups excluding carboxylic acids is 1. The van der Waals surface area contributed by atoms with Crippen LogP contribution in [-0.2, 0) is 11.4 Å². The van der Waals surface area contributed by atoms with Gasteiger partial charge in [-0.25, -0.2) is 4.99 Å². The number of aliphatic imine (C=N–C) groups is 1. The molecule has 1 saturated heterocycles. The molecule has 0 aromatic heterocycles. The molecule has 3 aromatic rings. The molecule has 1 aliphatic heterocycles. The molecule has 1 aliphatic rings. The molecule has 0 bridgehead atoms. The van der Waals surface area contributed by atoms with Gasteiger partial charge in [0.2, 0.25) is 0 Å². The summed E-state index contributed by atoms with van der Waals surface area (Å²) in [4.78, 5) is 17.4. The highest BCUT2D eigenvalue weighted by molar-refractivity contribution is 9.10. The number of methoxy groups -OCH3 is 2. The highest BCUT2D eigenvalue weighted by atomic mass is 79.9. The Bertz CT molecular complexity index is 1260. The van der Waals surface area contributed by atoms with Gasteiger partial charge in [0.1, 0.15) is 12.4 Å². The fourth-order valence-electron chi connectivity index (χ4n) is 3.11. The lowest BCUT2D eigenvalue weighted by molar-refractivity contribution is -0.115. The third-order valence-electron chi connectivity index (χ3n) is 4.80. The average Bonchev–Trinajstić information content (AvgIpc) is 3.17. The summed E-state index contributed by atoms with van der Waals surface area (Å²) in [6, 6.07) is 18.6. The Labute approximate surface area is 215 Å². The fourth-order valence-corrected chi connectivity index (χ4v) is 4.49. The Balaban J connectivity index is 1.51. The van der Waals surface area contributed by atoms with Crippen LogP contribution >= 0.6 is 39.3 Å². The molecule has 0 radical (unpaired) electrons. The minimum absolute atomic E-state index is 0.233. The van der Waals surface area contributed by atoms with Crippen molar-refractivity contribution < 1.29 is 19.0 Å². The smallest absolute Gasteiger partial charge is 0.264 e. The number of rotatable bonds is 7. The van der Waals surface area contributed by atoms with Gasteiger partial charge < -0.3 is 19.5 Å². The molecule has 9 heteroatoms. The number of hydrogen-bond acceptors (Lipinski definition) is 6. The Kier molecular flexibility index (Phi) is 7.82. The van der Waals surface area contributed by atoms with E-state index in [9.17, 15) is 4.79 Å². The molecule has 1 amide bonds. The number of amides is 1. The lowest BCUT2D eigenvalue weighted by Crippen LogP contribution is -2.19. The maximum absolute atomic E-state index is 12.5. The van der Waals surface area contributed by atoms with Crippen LogP contribution in [0.2, 0.25) is 5.02 Å². The van der Waals surface area contributed by atoms with Crippen molar-refractivity contribution in [1.29, 1.82) is 0 Å². The van der Waals surface area contributed by atoms with Crippen LogP contribution in [0, 0.1) is 0 Å². The molecule has 6 nitrogen and oxygen atoms in total. The summed E-state index contributed by atoms with van der Waals surface area (Å²) >= 11 is 11.2. The predicted molar refractivity (Wildman–Crippen MR) is 140 cm³/mol. The molecule has 0 atom stereocenters. The molecule has 1 N–H and O–H groups in total. The van der Waals surface area contributed by atoms with E-state index in [0.29, 0.717) is 44.5 Å². The van der Waals surface area contributed by atoms with Crippen LogP contribution in [-0.4, -0.2) is 25.3 Å². The molecule has 0 aliphatic carbocycles. The van der Waals surface area contributed by atoms with Crippen LogP contribution in [0.25, 0.3) is 6.08 Å². The van der Waals surface area contributed by atoms with Crippen molar-refractivity contribution in [3.8, 4) is 17.2 Å². The third-order valence-corrected chi connectivity index (χ3v) is 6.52. The molecule has 174 valence electrons. The number of benzene rings is 3. The minimum Gasteiger partial charge on any atom is -0.497 e. The summed E-state index contributed by atoms with van der Waals surface area (Å²) in [6.45, 7) is 0.341. The molecule has 4 rings (SSSR count). The number of thioether (sulfide) groups is 1. The minimum atomic E-state index is -0.233. The van der Waals surface area contributed by atoms with E-state index in [1.807, 2.05) is 48.5 Å². The molecule has 0 unspecified atom stereocenters. The largest absolute Gasteiger partial charge is 0.497 e. The molecule has 3 aromatic carbocycles. The summed E-state index contributed by atoms with van der Waals surface area (Å²) in [5.74, 6) is 1.43. The zero-order valence-corrected chi connectivity index (χ0v) is 21.5. The van der Waals surface area contributed by atoms with Crippen LogP contribution in [0.15, 0.2) is 75.0 Å². The van der Waals surface area contributed by atoms with Crippen molar-refractivity contribution in [3.05, 3.63) is 86.2 Å². The van der Waals surface area contributed by atoms with Gasteiger partial charge >= 0.3 is 0 Å². The summed E-state index contributed by atoms with van der Waals surface area (Å²) in [5, 5.41) is 3.66. The first kappa shape index (κ1) is 24.2. The lowest BCUT2D eigenvalue weighted by Gasteiger charge is -2.13. The number of carbonyl (C=O) groups is 1. The van der Waals surface area contributed by atoms with Crippen molar-refractivity contribution in [3.63, 3.8) is 0 Å². The van der Waals surface area contributed by atoms with E-state index in [0.717, 1.165) is 15.8 Å². The Morgan fingerprint density at radius 1 is 1.06 bits per heavy atom. The lowest BCUT2D eigenvalue weighted by atomic mass is 10.1. The van der Waals surface area contributed by atoms with Crippen LogP contribution in [0.4, 0.5) is 5.69 Å². The summed E-state index contributed by atoms with van der Waals surface area (Å²) in [7, 11) is 3.15. The zero-order chi connectivity index (χ0) is 24.1. The van der Waals surface area contributed by atoms with Crippen molar-refractivity contribution >= 4 is 62.1 Å². The molecule has 0 saturated carbocycles. The van der Waals surface area contributed by atoms with E-state index >= 15 is 0 Å².